The van der Waals surface area contributed by atoms with E-state index in [9.17, 15) is 4.79 Å². The molecule has 0 aliphatic carbocycles. The highest BCUT2D eigenvalue weighted by Crippen LogP contribution is 2.03. The number of fused-ring (bicyclic) bond motifs is 1. The van der Waals surface area contributed by atoms with Crippen molar-refractivity contribution in [2.75, 3.05) is 0 Å². The highest BCUT2D eigenvalue weighted by atomic mass is 16.8. The molecule has 1 amide bonds. The van der Waals surface area contributed by atoms with Gasteiger partial charge in [0.2, 0.25) is 5.84 Å². The van der Waals surface area contributed by atoms with Gasteiger partial charge in [-0.3, -0.25) is 10.0 Å². The molecule has 0 saturated carbocycles. The van der Waals surface area contributed by atoms with Crippen LogP contribution in [0.5, 0.6) is 0 Å². The lowest BCUT2D eigenvalue weighted by molar-refractivity contribution is -0.117. The summed E-state index contributed by atoms with van der Waals surface area (Å²) in [5.74, 6) is -0.630. The van der Waals surface area contributed by atoms with Crippen LogP contribution in [-0.2, 0) is 9.73 Å². The Kier molecular flexibility index (Phi) is 1.66. The zero-order valence-electron chi connectivity index (χ0n) is 5.87. The molecule has 0 spiro atoms. The number of hydrogen-bond donors (Lipinski definition) is 5. The van der Waals surface area contributed by atoms with E-state index in [1.54, 1.807) is 5.48 Å². The third-order valence-corrected chi connectivity index (χ3v) is 1.56. The first-order valence-electron chi connectivity index (χ1n) is 3.27. The third kappa shape index (κ3) is 1.02. The zero-order valence-corrected chi connectivity index (χ0v) is 5.87. The molecule has 0 aromatic rings. The SMILES string of the molecule is O=C1NC2NONC2N=C1NO. The van der Waals surface area contributed by atoms with Crippen LogP contribution in [0.4, 0.5) is 0 Å². The van der Waals surface area contributed by atoms with E-state index in [4.69, 9.17) is 5.21 Å². The number of carbonyl (C=O) groups excluding carboxylic acids is 1. The number of amides is 1. The molecule has 12 heavy (non-hydrogen) atoms. The van der Waals surface area contributed by atoms with Crippen molar-refractivity contribution in [3.63, 3.8) is 0 Å². The van der Waals surface area contributed by atoms with Gasteiger partial charge >= 0.3 is 0 Å². The van der Waals surface area contributed by atoms with Crippen LogP contribution in [-0.4, -0.2) is 29.3 Å². The van der Waals surface area contributed by atoms with E-state index in [0.29, 0.717) is 0 Å². The average Bonchev–Trinajstić information content (AvgIpc) is 2.49. The number of hydroxylamine groups is 3. The van der Waals surface area contributed by atoms with Gasteiger partial charge in [-0.1, -0.05) is 0 Å². The van der Waals surface area contributed by atoms with Gasteiger partial charge < -0.3 is 5.32 Å². The highest BCUT2D eigenvalue weighted by Gasteiger charge is 2.35. The molecule has 0 aromatic heterocycles. The van der Waals surface area contributed by atoms with E-state index in [1.165, 1.54) is 0 Å². The summed E-state index contributed by atoms with van der Waals surface area (Å²) < 4.78 is 0. The Balaban J connectivity index is 2.20. The molecule has 8 heteroatoms. The van der Waals surface area contributed by atoms with Crippen LogP contribution in [0.2, 0.25) is 0 Å². The van der Waals surface area contributed by atoms with Crippen molar-refractivity contribution in [1.82, 2.24) is 21.8 Å². The maximum Gasteiger partial charge on any atom is 0.289 e. The Morgan fingerprint density at radius 3 is 3.17 bits per heavy atom. The van der Waals surface area contributed by atoms with Crippen LogP contribution in [0.1, 0.15) is 0 Å². The molecule has 66 valence electrons. The van der Waals surface area contributed by atoms with Crippen molar-refractivity contribution in [3.05, 3.63) is 0 Å². The highest BCUT2D eigenvalue weighted by molar-refractivity contribution is 6.38. The predicted octanol–water partition coefficient (Wildman–Crippen LogP) is -2.81. The largest absolute Gasteiger partial charge is 0.329 e. The fraction of sp³-hybridized carbons (Fsp3) is 0.500. The molecule has 2 rings (SSSR count). The standard InChI is InChI=1S/C4H7N5O3/c10-4-3(7-11)5-1-2(6-4)9-12-8-1/h1-2,8-9,11H,(H,5,7)(H,6,10). The Morgan fingerprint density at radius 1 is 1.58 bits per heavy atom. The first-order valence-corrected chi connectivity index (χ1v) is 3.27. The number of aliphatic imine (C=N–C) groups is 1. The van der Waals surface area contributed by atoms with Gasteiger partial charge in [0.1, 0.15) is 6.17 Å². The maximum atomic E-state index is 11.0. The second-order valence-electron chi connectivity index (χ2n) is 2.32. The summed E-state index contributed by atoms with van der Waals surface area (Å²) in [6, 6.07) is 0. The quantitative estimate of drug-likeness (QED) is 0.253. The summed E-state index contributed by atoms with van der Waals surface area (Å²) in [7, 11) is 0. The van der Waals surface area contributed by atoms with Gasteiger partial charge in [-0.25, -0.2) is 15.4 Å². The van der Waals surface area contributed by atoms with Gasteiger partial charge in [0, 0.05) is 0 Å². The molecule has 0 bridgehead atoms. The zero-order chi connectivity index (χ0) is 8.55. The van der Waals surface area contributed by atoms with Crippen molar-refractivity contribution in [1.29, 1.82) is 0 Å². The molecule has 2 unspecified atom stereocenters. The van der Waals surface area contributed by atoms with Gasteiger partial charge in [0.15, 0.2) is 6.17 Å². The van der Waals surface area contributed by atoms with Crippen molar-refractivity contribution in [2.24, 2.45) is 4.99 Å². The summed E-state index contributed by atoms with van der Waals surface area (Å²) in [6.07, 6.45) is -0.813. The van der Waals surface area contributed by atoms with Gasteiger partial charge in [-0.15, -0.1) is 0 Å². The minimum absolute atomic E-state index is 0.143. The Hall–Kier alpha value is -1.22. The summed E-state index contributed by atoms with van der Waals surface area (Å²) in [5.41, 5.74) is 6.63. The lowest BCUT2D eigenvalue weighted by Crippen LogP contribution is -2.56. The molecule has 2 aliphatic heterocycles. The molecular formula is C4H7N5O3. The number of hydrogen-bond acceptors (Lipinski definition) is 7. The molecule has 2 heterocycles. The minimum atomic E-state index is -0.487. The van der Waals surface area contributed by atoms with Crippen LogP contribution < -0.4 is 21.8 Å². The third-order valence-electron chi connectivity index (χ3n) is 1.56. The van der Waals surface area contributed by atoms with E-state index in [1.807, 2.05) is 0 Å². The summed E-state index contributed by atoms with van der Waals surface area (Å²) in [6.45, 7) is 0. The fourth-order valence-corrected chi connectivity index (χ4v) is 0.987. The van der Waals surface area contributed by atoms with E-state index in [2.05, 4.69) is 26.2 Å². The lowest BCUT2D eigenvalue weighted by Gasteiger charge is -2.20. The van der Waals surface area contributed by atoms with Crippen molar-refractivity contribution >= 4 is 11.7 Å². The molecule has 1 fully saturated rings. The molecule has 8 nitrogen and oxygen atoms in total. The number of nitrogens with zero attached hydrogens (tertiary/aromatic N) is 1. The lowest BCUT2D eigenvalue weighted by atomic mass is 10.3. The Morgan fingerprint density at radius 2 is 2.42 bits per heavy atom. The first kappa shape index (κ1) is 7.43. The number of carbonyl (C=O) groups is 1. The number of rotatable bonds is 0. The van der Waals surface area contributed by atoms with E-state index >= 15 is 0 Å². The predicted molar refractivity (Wildman–Crippen MR) is 35.4 cm³/mol. The van der Waals surface area contributed by atoms with Crippen LogP contribution in [0.25, 0.3) is 0 Å². The van der Waals surface area contributed by atoms with Gasteiger partial charge in [-0.05, 0) is 0 Å². The molecule has 0 aromatic carbocycles. The van der Waals surface area contributed by atoms with Gasteiger partial charge in [0.05, 0.1) is 0 Å². The van der Waals surface area contributed by atoms with E-state index in [0.717, 1.165) is 0 Å². The maximum absolute atomic E-state index is 11.0. The molecule has 1 saturated heterocycles. The number of amidine groups is 1. The second kappa shape index (κ2) is 2.68. The van der Waals surface area contributed by atoms with Crippen molar-refractivity contribution < 1.29 is 14.9 Å². The monoisotopic (exact) mass is 173 g/mol. The summed E-state index contributed by atoms with van der Waals surface area (Å²) in [4.78, 5) is 19.4. The fourth-order valence-electron chi connectivity index (χ4n) is 0.987. The van der Waals surface area contributed by atoms with Gasteiger partial charge in [-0.2, -0.15) is 11.0 Å². The van der Waals surface area contributed by atoms with Crippen LogP contribution in [0.15, 0.2) is 4.99 Å². The molecule has 2 atom stereocenters. The van der Waals surface area contributed by atoms with E-state index < -0.39 is 18.2 Å². The smallest absolute Gasteiger partial charge is 0.289 e. The minimum Gasteiger partial charge on any atom is -0.329 e. The first-order chi connectivity index (χ1) is 5.81. The second-order valence-corrected chi connectivity index (χ2v) is 2.32. The molecular weight excluding hydrogens is 166 g/mol. The van der Waals surface area contributed by atoms with Crippen molar-refractivity contribution in [3.8, 4) is 0 Å². The Bertz CT molecular complexity index is 241. The number of nitrogens with one attached hydrogen (secondary N) is 4. The van der Waals surface area contributed by atoms with Crippen LogP contribution in [0, 0.1) is 0 Å². The molecule has 5 N–H and O–H groups in total. The topological polar surface area (TPSA) is 107 Å². The van der Waals surface area contributed by atoms with Crippen LogP contribution in [0.3, 0.4) is 0 Å². The summed E-state index contributed by atoms with van der Waals surface area (Å²) in [5, 5.41) is 10.9. The Labute approximate surface area is 66.8 Å². The average molecular weight is 173 g/mol. The van der Waals surface area contributed by atoms with Crippen molar-refractivity contribution in [2.45, 2.75) is 12.3 Å². The molecule has 2 aliphatic rings. The normalized spacial score (nSPS) is 33.8. The molecule has 0 radical (unpaired) electrons. The van der Waals surface area contributed by atoms with Gasteiger partial charge in [0.25, 0.3) is 5.91 Å². The van der Waals surface area contributed by atoms with E-state index in [-0.39, 0.29) is 5.84 Å². The van der Waals surface area contributed by atoms with Crippen LogP contribution >= 0.6 is 0 Å². The summed E-state index contributed by atoms with van der Waals surface area (Å²) >= 11 is 0.